The van der Waals surface area contributed by atoms with Crippen molar-refractivity contribution in [1.29, 1.82) is 0 Å². The first kappa shape index (κ1) is 18.0. The molecule has 138 valence electrons. The molecule has 1 N–H and O–H groups in total. The number of rotatable bonds is 4. The maximum atomic E-state index is 12.8. The van der Waals surface area contributed by atoms with Crippen LogP contribution < -0.4 is 5.32 Å². The van der Waals surface area contributed by atoms with Crippen LogP contribution in [0, 0.1) is 6.92 Å². The van der Waals surface area contributed by atoms with E-state index in [4.69, 9.17) is 16.7 Å². The highest BCUT2D eigenvalue weighted by molar-refractivity contribution is 6.30. The zero-order valence-electron chi connectivity index (χ0n) is 15.3. The Hall–Kier alpha value is -3.37. The SMILES string of the molecule is Cc1ccccc1C(=O)Nc1cc(-c2ccc(Cl)cc2)nn1-c1ccccc1. The largest absolute Gasteiger partial charge is 0.306 e. The average Bonchev–Trinajstić information content (AvgIpc) is 3.13. The molecule has 5 heteroatoms. The minimum Gasteiger partial charge on any atom is -0.306 e. The van der Waals surface area contributed by atoms with E-state index in [1.165, 1.54) is 0 Å². The van der Waals surface area contributed by atoms with Crippen LogP contribution in [0.15, 0.2) is 84.9 Å². The average molecular weight is 388 g/mol. The van der Waals surface area contributed by atoms with Gasteiger partial charge in [0.2, 0.25) is 0 Å². The minimum absolute atomic E-state index is 0.169. The van der Waals surface area contributed by atoms with Crippen molar-refractivity contribution in [3.63, 3.8) is 0 Å². The van der Waals surface area contributed by atoms with Gasteiger partial charge in [0.05, 0.1) is 11.4 Å². The predicted octanol–water partition coefficient (Wildman–Crippen LogP) is 5.75. The van der Waals surface area contributed by atoms with Gasteiger partial charge in [-0.15, -0.1) is 0 Å². The van der Waals surface area contributed by atoms with Crippen LogP contribution in [0.5, 0.6) is 0 Å². The third-order valence-corrected chi connectivity index (χ3v) is 4.73. The Kier molecular flexibility index (Phi) is 4.96. The fourth-order valence-corrected chi connectivity index (χ4v) is 3.14. The second kappa shape index (κ2) is 7.71. The lowest BCUT2D eigenvalue weighted by Crippen LogP contribution is -2.16. The number of carbonyl (C=O) groups excluding carboxylic acids is 1. The highest BCUT2D eigenvalue weighted by atomic mass is 35.5. The molecule has 1 heterocycles. The number of anilines is 1. The number of hydrogen-bond donors (Lipinski definition) is 1. The first-order valence-corrected chi connectivity index (χ1v) is 9.28. The molecule has 1 aromatic heterocycles. The van der Waals surface area contributed by atoms with Crippen molar-refractivity contribution in [3.05, 3.63) is 101 Å². The van der Waals surface area contributed by atoms with Crippen molar-refractivity contribution in [3.8, 4) is 16.9 Å². The Morgan fingerprint density at radius 3 is 2.32 bits per heavy atom. The van der Waals surface area contributed by atoms with E-state index in [1.54, 1.807) is 4.68 Å². The monoisotopic (exact) mass is 387 g/mol. The summed E-state index contributed by atoms with van der Waals surface area (Å²) in [6.07, 6.45) is 0. The smallest absolute Gasteiger partial charge is 0.257 e. The van der Waals surface area contributed by atoms with Crippen molar-refractivity contribution in [1.82, 2.24) is 9.78 Å². The third kappa shape index (κ3) is 3.68. The Bertz CT molecular complexity index is 1120. The number of hydrogen-bond acceptors (Lipinski definition) is 2. The molecule has 0 radical (unpaired) electrons. The van der Waals surface area contributed by atoms with Gasteiger partial charge < -0.3 is 5.32 Å². The summed E-state index contributed by atoms with van der Waals surface area (Å²) in [6, 6.07) is 26.5. The molecule has 0 atom stereocenters. The van der Waals surface area contributed by atoms with Gasteiger partial charge in [-0.25, -0.2) is 4.68 Å². The molecule has 0 fully saturated rings. The van der Waals surface area contributed by atoms with E-state index in [2.05, 4.69) is 5.32 Å². The Morgan fingerprint density at radius 1 is 0.929 bits per heavy atom. The quantitative estimate of drug-likeness (QED) is 0.484. The van der Waals surface area contributed by atoms with E-state index in [9.17, 15) is 4.79 Å². The van der Waals surface area contributed by atoms with Crippen LogP contribution in [-0.4, -0.2) is 15.7 Å². The summed E-state index contributed by atoms with van der Waals surface area (Å²) in [5.74, 6) is 0.433. The van der Waals surface area contributed by atoms with Crippen LogP contribution in [-0.2, 0) is 0 Å². The standard InChI is InChI=1S/C23H18ClN3O/c1-16-7-5-6-10-20(16)23(28)25-22-15-21(17-11-13-18(24)14-12-17)26-27(22)19-8-3-2-4-9-19/h2-15H,1H3,(H,25,28). The number of halogens is 1. The highest BCUT2D eigenvalue weighted by Gasteiger charge is 2.15. The summed E-state index contributed by atoms with van der Waals surface area (Å²) in [7, 11) is 0. The predicted molar refractivity (Wildman–Crippen MR) is 113 cm³/mol. The lowest BCUT2D eigenvalue weighted by atomic mass is 10.1. The van der Waals surface area contributed by atoms with Crippen LogP contribution in [0.25, 0.3) is 16.9 Å². The molecular formula is C23H18ClN3O. The first-order chi connectivity index (χ1) is 13.6. The summed E-state index contributed by atoms with van der Waals surface area (Å²) in [5.41, 5.74) is 4.09. The second-order valence-corrected chi connectivity index (χ2v) is 6.87. The molecule has 0 spiro atoms. The van der Waals surface area contributed by atoms with Crippen LogP contribution in [0.2, 0.25) is 5.02 Å². The second-order valence-electron chi connectivity index (χ2n) is 6.44. The van der Waals surface area contributed by atoms with E-state index < -0.39 is 0 Å². The van der Waals surface area contributed by atoms with Crippen LogP contribution >= 0.6 is 11.6 Å². The molecule has 0 saturated heterocycles. The zero-order chi connectivity index (χ0) is 19.5. The highest BCUT2D eigenvalue weighted by Crippen LogP contribution is 2.26. The van der Waals surface area contributed by atoms with E-state index in [0.29, 0.717) is 16.4 Å². The van der Waals surface area contributed by atoms with Gasteiger partial charge in [-0.1, -0.05) is 60.1 Å². The van der Waals surface area contributed by atoms with Crippen LogP contribution in [0.1, 0.15) is 15.9 Å². The fraction of sp³-hybridized carbons (Fsp3) is 0.0435. The van der Waals surface area contributed by atoms with Gasteiger partial charge in [0.15, 0.2) is 0 Å². The third-order valence-electron chi connectivity index (χ3n) is 4.48. The molecule has 4 rings (SSSR count). The Labute approximate surface area is 168 Å². The summed E-state index contributed by atoms with van der Waals surface area (Å²) in [5, 5.41) is 8.38. The van der Waals surface area contributed by atoms with Crippen molar-refractivity contribution >= 4 is 23.3 Å². The fourth-order valence-electron chi connectivity index (χ4n) is 3.01. The molecule has 0 bridgehead atoms. The van der Waals surface area contributed by atoms with Gasteiger partial charge in [0.1, 0.15) is 5.82 Å². The maximum absolute atomic E-state index is 12.8. The van der Waals surface area contributed by atoms with Gasteiger partial charge in [-0.2, -0.15) is 5.10 Å². The molecule has 28 heavy (non-hydrogen) atoms. The van der Waals surface area contributed by atoms with Crippen molar-refractivity contribution in [2.24, 2.45) is 0 Å². The normalized spacial score (nSPS) is 10.6. The maximum Gasteiger partial charge on any atom is 0.257 e. The Morgan fingerprint density at radius 2 is 1.61 bits per heavy atom. The number of para-hydroxylation sites is 1. The molecular weight excluding hydrogens is 370 g/mol. The van der Waals surface area contributed by atoms with E-state index in [0.717, 1.165) is 22.5 Å². The Balaban J connectivity index is 1.75. The van der Waals surface area contributed by atoms with Crippen LogP contribution in [0.4, 0.5) is 5.82 Å². The molecule has 1 amide bonds. The lowest BCUT2D eigenvalue weighted by Gasteiger charge is -2.10. The summed E-state index contributed by atoms with van der Waals surface area (Å²) in [4.78, 5) is 12.8. The molecule has 0 saturated carbocycles. The van der Waals surface area contributed by atoms with Gasteiger partial charge in [-0.05, 0) is 42.8 Å². The van der Waals surface area contributed by atoms with Crippen molar-refractivity contribution < 1.29 is 4.79 Å². The van der Waals surface area contributed by atoms with Gasteiger partial charge >= 0.3 is 0 Å². The summed E-state index contributed by atoms with van der Waals surface area (Å²) < 4.78 is 1.74. The molecule has 4 aromatic rings. The molecule has 0 aliphatic heterocycles. The summed E-state index contributed by atoms with van der Waals surface area (Å²) in [6.45, 7) is 1.92. The van der Waals surface area contributed by atoms with E-state index >= 15 is 0 Å². The number of aryl methyl sites for hydroxylation is 1. The number of nitrogens with one attached hydrogen (secondary N) is 1. The number of amides is 1. The molecule has 0 aliphatic carbocycles. The van der Waals surface area contributed by atoms with Crippen molar-refractivity contribution in [2.45, 2.75) is 6.92 Å². The number of nitrogens with zero attached hydrogens (tertiary/aromatic N) is 2. The number of carbonyl (C=O) groups is 1. The number of aromatic nitrogens is 2. The first-order valence-electron chi connectivity index (χ1n) is 8.90. The topological polar surface area (TPSA) is 46.9 Å². The van der Waals surface area contributed by atoms with Crippen molar-refractivity contribution in [2.75, 3.05) is 5.32 Å². The molecule has 0 aliphatic rings. The summed E-state index contributed by atoms with van der Waals surface area (Å²) >= 11 is 6.00. The molecule has 0 unspecified atom stereocenters. The minimum atomic E-state index is -0.169. The number of benzene rings is 3. The van der Waals surface area contributed by atoms with Gasteiger partial charge in [0, 0.05) is 22.2 Å². The zero-order valence-corrected chi connectivity index (χ0v) is 16.0. The molecule has 3 aromatic carbocycles. The van der Waals surface area contributed by atoms with E-state index in [-0.39, 0.29) is 5.91 Å². The molecule has 4 nitrogen and oxygen atoms in total. The van der Waals surface area contributed by atoms with Gasteiger partial charge in [0.25, 0.3) is 5.91 Å². The van der Waals surface area contributed by atoms with Crippen LogP contribution in [0.3, 0.4) is 0 Å². The lowest BCUT2D eigenvalue weighted by molar-refractivity contribution is 0.102. The van der Waals surface area contributed by atoms with E-state index in [1.807, 2.05) is 91.9 Å². The van der Waals surface area contributed by atoms with Gasteiger partial charge in [-0.3, -0.25) is 4.79 Å².